The van der Waals surface area contributed by atoms with Gasteiger partial charge in [-0.25, -0.2) is 4.79 Å². The van der Waals surface area contributed by atoms with Gasteiger partial charge in [-0.15, -0.1) is 0 Å². The van der Waals surface area contributed by atoms with Crippen molar-refractivity contribution in [3.8, 4) is 0 Å². The van der Waals surface area contributed by atoms with Crippen molar-refractivity contribution in [3.63, 3.8) is 0 Å². The van der Waals surface area contributed by atoms with Crippen LogP contribution < -0.4 is 5.32 Å². The van der Waals surface area contributed by atoms with Gasteiger partial charge in [0.2, 0.25) is 0 Å². The molecule has 1 aromatic carbocycles. The SMILES string of the molecule is CCc1ccc(NC(=O)N(C)Cc2ccco2)cc1. The first-order valence-electron chi connectivity index (χ1n) is 6.32. The Balaban J connectivity index is 1.92. The summed E-state index contributed by atoms with van der Waals surface area (Å²) in [5.41, 5.74) is 2.05. The van der Waals surface area contributed by atoms with E-state index in [1.54, 1.807) is 18.2 Å². The van der Waals surface area contributed by atoms with Crippen molar-refractivity contribution in [2.75, 3.05) is 12.4 Å². The van der Waals surface area contributed by atoms with Crippen LogP contribution in [0.15, 0.2) is 47.1 Å². The predicted octanol–water partition coefficient (Wildman–Crippen LogP) is 3.51. The quantitative estimate of drug-likeness (QED) is 0.912. The van der Waals surface area contributed by atoms with Gasteiger partial charge in [0.25, 0.3) is 0 Å². The second-order valence-electron chi connectivity index (χ2n) is 4.42. The van der Waals surface area contributed by atoms with Crippen LogP contribution in [-0.4, -0.2) is 18.0 Å². The Labute approximate surface area is 113 Å². The molecule has 19 heavy (non-hydrogen) atoms. The van der Waals surface area contributed by atoms with Gasteiger partial charge in [0.05, 0.1) is 12.8 Å². The average molecular weight is 258 g/mol. The fraction of sp³-hybridized carbons (Fsp3) is 0.267. The number of carbonyl (C=O) groups is 1. The maximum atomic E-state index is 12.0. The maximum absolute atomic E-state index is 12.0. The molecule has 0 aliphatic carbocycles. The third-order valence-electron chi connectivity index (χ3n) is 2.93. The molecule has 1 aromatic heterocycles. The number of aryl methyl sites for hydroxylation is 1. The van der Waals surface area contributed by atoms with Gasteiger partial charge in [0, 0.05) is 12.7 Å². The molecule has 0 saturated carbocycles. The van der Waals surface area contributed by atoms with Crippen molar-refractivity contribution < 1.29 is 9.21 Å². The molecule has 2 aromatic rings. The number of hydrogen-bond acceptors (Lipinski definition) is 2. The Morgan fingerprint density at radius 1 is 1.26 bits per heavy atom. The Kier molecular flexibility index (Phi) is 4.23. The largest absolute Gasteiger partial charge is 0.467 e. The van der Waals surface area contributed by atoms with Crippen LogP contribution in [0.25, 0.3) is 0 Å². The number of benzene rings is 1. The van der Waals surface area contributed by atoms with Crippen LogP contribution in [0.4, 0.5) is 10.5 Å². The van der Waals surface area contributed by atoms with E-state index in [-0.39, 0.29) is 6.03 Å². The third kappa shape index (κ3) is 3.61. The molecule has 0 saturated heterocycles. The second kappa shape index (κ2) is 6.09. The summed E-state index contributed by atoms with van der Waals surface area (Å²) in [6.07, 6.45) is 2.59. The average Bonchev–Trinajstić information content (AvgIpc) is 2.92. The number of nitrogens with zero attached hydrogens (tertiary/aromatic N) is 1. The molecule has 0 bridgehead atoms. The summed E-state index contributed by atoms with van der Waals surface area (Å²) >= 11 is 0. The normalized spacial score (nSPS) is 10.2. The number of urea groups is 1. The van der Waals surface area contributed by atoms with E-state index in [9.17, 15) is 4.79 Å². The van der Waals surface area contributed by atoms with Crippen LogP contribution in [0.1, 0.15) is 18.2 Å². The number of nitrogens with one attached hydrogen (secondary N) is 1. The van der Waals surface area contributed by atoms with Gasteiger partial charge in [0.15, 0.2) is 0 Å². The summed E-state index contributed by atoms with van der Waals surface area (Å²) in [7, 11) is 1.73. The lowest BCUT2D eigenvalue weighted by Gasteiger charge is -2.16. The van der Waals surface area contributed by atoms with Gasteiger partial charge in [-0.05, 0) is 36.2 Å². The van der Waals surface area contributed by atoms with E-state index in [2.05, 4.69) is 12.2 Å². The number of amides is 2. The minimum absolute atomic E-state index is 0.152. The minimum atomic E-state index is -0.152. The molecular formula is C15H18N2O2. The van der Waals surface area contributed by atoms with Gasteiger partial charge in [-0.2, -0.15) is 0 Å². The zero-order valence-corrected chi connectivity index (χ0v) is 11.2. The molecule has 0 atom stereocenters. The van der Waals surface area contributed by atoms with Crippen LogP contribution in [0.5, 0.6) is 0 Å². The maximum Gasteiger partial charge on any atom is 0.321 e. The van der Waals surface area contributed by atoms with E-state index < -0.39 is 0 Å². The fourth-order valence-electron chi connectivity index (χ4n) is 1.75. The molecule has 0 aliphatic heterocycles. The lowest BCUT2D eigenvalue weighted by molar-refractivity contribution is 0.217. The van der Waals surface area contributed by atoms with Crippen LogP contribution in [0, 0.1) is 0 Å². The standard InChI is InChI=1S/C15H18N2O2/c1-3-12-6-8-13(9-7-12)16-15(18)17(2)11-14-5-4-10-19-14/h4-10H,3,11H2,1-2H3,(H,16,18). The highest BCUT2D eigenvalue weighted by atomic mass is 16.3. The zero-order chi connectivity index (χ0) is 13.7. The summed E-state index contributed by atoms with van der Waals surface area (Å²) < 4.78 is 5.21. The summed E-state index contributed by atoms with van der Waals surface area (Å²) in [5.74, 6) is 0.763. The lowest BCUT2D eigenvalue weighted by atomic mass is 10.1. The summed E-state index contributed by atoms with van der Waals surface area (Å²) in [6, 6.07) is 11.4. The highest BCUT2D eigenvalue weighted by Crippen LogP contribution is 2.11. The molecule has 4 heteroatoms. The van der Waals surface area contributed by atoms with Crippen LogP contribution in [0.2, 0.25) is 0 Å². The molecule has 0 unspecified atom stereocenters. The molecule has 0 radical (unpaired) electrons. The van der Waals surface area contributed by atoms with Crippen LogP contribution in [0.3, 0.4) is 0 Å². The minimum Gasteiger partial charge on any atom is -0.467 e. The van der Waals surface area contributed by atoms with Crippen molar-refractivity contribution in [1.82, 2.24) is 4.90 Å². The number of anilines is 1. The predicted molar refractivity (Wildman–Crippen MR) is 75.0 cm³/mol. The first-order chi connectivity index (χ1) is 9.19. The van der Waals surface area contributed by atoms with Gasteiger partial charge in [0.1, 0.15) is 5.76 Å². The van der Waals surface area contributed by atoms with E-state index in [1.165, 1.54) is 5.56 Å². The van der Waals surface area contributed by atoms with E-state index >= 15 is 0 Å². The fourth-order valence-corrected chi connectivity index (χ4v) is 1.75. The lowest BCUT2D eigenvalue weighted by Crippen LogP contribution is -2.30. The van der Waals surface area contributed by atoms with Gasteiger partial charge >= 0.3 is 6.03 Å². The molecule has 100 valence electrons. The highest BCUT2D eigenvalue weighted by Gasteiger charge is 2.10. The van der Waals surface area contributed by atoms with Gasteiger partial charge < -0.3 is 14.6 Å². The molecule has 0 aliphatic rings. The number of rotatable bonds is 4. The van der Waals surface area contributed by atoms with Crippen molar-refractivity contribution in [1.29, 1.82) is 0 Å². The Bertz CT molecular complexity index is 518. The molecule has 4 nitrogen and oxygen atoms in total. The van der Waals surface area contributed by atoms with Crippen molar-refractivity contribution >= 4 is 11.7 Å². The second-order valence-corrected chi connectivity index (χ2v) is 4.42. The molecule has 2 rings (SSSR count). The van der Waals surface area contributed by atoms with Gasteiger partial charge in [-0.3, -0.25) is 0 Å². The van der Waals surface area contributed by atoms with E-state index in [1.807, 2.05) is 36.4 Å². The summed E-state index contributed by atoms with van der Waals surface area (Å²) in [6.45, 7) is 2.55. The van der Waals surface area contributed by atoms with Crippen molar-refractivity contribution in [3.05, 3.63) is 54.0 Å². The Hall–Kier alpha value is -2.23. The first kappa shape index (κ1) is 13.2. The number of furan rings is 1. The highest BCUT2D eigenvalue weighted by molar-refractivity contribution is 5.89. The summed E-state index contributed by atoms with van der Waals surface area (Å²) in [5, 5.41) is 2.85. The van der Waals surface area contributed by atoms with Crippen molar-refractivity contribution in [2.24, 2.45) is 0 Å². The first-order valence-corrected chi connectivity index (χ1v) is 6.32. The van der Waals surface area contributed by atoms with Crippen LogP contribution >= 0.6 is 0 Å². The molecule has 0 spiro atoms. The van der Waals surface area contributed by atoms with Crippen LogP contribution in [-0.2, 0) is 13.0 Å². The Morgan fingerprint density at radius 3 is 2.58 bits per heavy atom. The van der Waals surface area contributed by atoms with E-state index in [0.29, 0.717) is 6.54 Å². The topological polar surface area (TPSA) is 45.5 Å². The molecular weight excluding hydrogens is 240 g/mol. The third-order valence-corrected chi connectivity index (χ3v) is 2.93. The van der Waals surface area contributed by atoms with E-state index in [4.69, 9.17) is 4.42 Å². The monoisotopic (exact) mass is 258 g/mol. The smallest absolute Gasteiger partial charge is 0.321 e. The molecule has 1 N–H and O–H groups in total. The molecule has 0 fully saturated rings. The zero-order valence-electron chi connectivity index (χ0n) is 11.2. The Morgan fingerprint density at radius 2 is 2.00 bits per heavy atom. The number of hydrogen-bond donors (Lipinski definition) is 1. The summed E-state index contributed by atoms with van der Waals surface area (Å²) in [4.78, 5) is 13.5. The van der Waals surface area contributed by atoms with Crippen molar-refractivity contribution in [2.45, 2.75) is 19.9 Å². The molecule has 2 amide bonds. The molecule has 1 heterocycles. The van der Waals surface area contributed by atoms with Gasteiger partial charge in [-0.1, -0.05) is 19.1 Å². The number of carbonyl (C=O) groups excluding carboxylic acids is 1. The van der Waals surface area contributed by atoms with E-state index in [0.717, 1.165) is 17.9 Å².